The van der Waals surface area contributed by atoms with Crippen LogP contribution in [0.15, 0.2) is 22.3 Å². The number of halogens is 3. The minimum absolute atomic E-state index is 0. The molecule has 0 saturated carbocycles. The molecule has 0 amide bonds. The quantitative estimate of drug-likeness (QED) is 0.116. The third-order valence-electron chi connectivity index (χ3n) is 14.8. The Hall–Kier alpha value is -3.46. The van der Waals surface area contributed by atoms with Crippen LogP contribution in [0, 0.1) is 20.8 Å². The zero-order valence-corrected chi connectivity index (χ0v) is 54.8. The predicted octanol–water partition coefficient (Wildman–Crippen LogP) is -2.18. The van der Waals surface area contributed by atoms with Gasteiger partial charge in [-0.2, -0.15) is 0 Å². The second-order valence-electron chi connectivity index (χ2n) is 21.9. The maximum Gasteiger partial charge on any atom is -1.00 e. The number of anilines is 12. The summed E-state index contributed by atoms with van der Waals surface area (Å²) >= 11 is 2.67. The first-order chi connectivity index (χ1) is 31.1. The van der Waals surface area contributed by atoms with Crippen molar-refractivity contribution < 1.29 is 57.7 Å². The Labute approximate surface area is 465 Å². The zero-order valence-electron chi connectivity index (χ0n) is 50.0. The van der Waals surface area contributed by atoms with Gasteiger partial charge in [0.25, 0.3) is 0 Å². The molecule has 0 N–H and O–H groups in total. The number of rotatable bonds is 16. The SMILES string of the molecule is CC1=C(C)[C]([Ti+3])([Si](c2c(N(C)C)c(C)c(N(C)C)c(N(C)C)c2N(C)C)(c2c(N(C)C)c(C)c(N(C)C)c(N(C)C)c2N(C)C)c2c(N(C)C)c(C)c(N(C)C)c(N(C)C)c2N(C)C)C(C)=C1C.[Cl-].[Cl-].[Cl-]. The Morgan fingerprint density at radius 1 is 0.254 bits per heavy atom. The van der Waals surface area contributed by atoms with Crippen LogP contribution in [0.4, 0.5) is 68.2 Å². The normalized spacial score (nSPS) is 13.0. The van der Waals surface area contributed by atoms with E-state index < -0.39 is 11.4 Å². The van der Waals surface area contributed by atoms with Gasteiger partial charge in [0.05, 0.1) is 0 Å². The van der Waals surface area contributed by atoms with Gasteiger partial charge in [-0.3, -0.25) is 0 Å². The molecule has 12 nitrogen and oxygen atoms in total. The van der Waals surface area contributed by atoms with E-state index in [-0.39, 0.29) is 37.2 Å². The van der Waals surface area contributed by atoms with Crippen LogP contribution in [0.1, 0.15) is 44.4 Å². The summed E-state index contributed by atoms with van der Waals surface area (Å²) in [6.45, 7) is 16.9. The molecule has 17 heteroatoms. The van der Waals surface area contributed by atoms with Crippen LogP contribution >= 0.6 is 0 Å². The zero-order chi connectivity index (χ0) is 52.6. The van der Waals surface area contributed by atoms with Crippen molar-refractivity contribution >= 4 is 91.9 Å². The molecule has 0 heterocycles. The first-order valence-electron chi connectivity index (χ1n) is 23.9. The second kappa shape index (κ2) is 23.4. The molecule has 1 aliphatic rings. The van der Waals surface area contributed by atoms with Gasteiger partial charge >= 0.3 is 431 Å². The first kappa shape index (κ1) is 65.6. The third-order valence-corrected chi connectivity index (χ3v) is 23.2. The van der Waals surface area contributed by atoms with Crippen LogP contribution in [-0.4, -0.2) is 177 Å². The Balaban J connectivity index is 0.00000840. The summed E-state index contributed by atoms with van der Waals surface area (Å²) in [6, 6.07) is 0. The molecule has 0 saturated heterocycles. The van der Waals surface area contributed by atoms with E-state index in [4.69, 9.17) is 0 Å². The first-order valence-corrected chi connectivity index (χ1v) is 26.7. The van der Waals surface area contributed by atoms with Crippen molar-refractivity contribution in [3.8, 4) is 0 Å². The van der Waals surface area contributed by atoms with Crippen molar-refractivity contribution in [1.29, 1.82) is 0 Å². The van der Waals surface area contributed by atoms with E-state index in [1.807, 2.05) is 0 Å². The molecule has 0 aliphatic heterocycles. The van der Waals surface area contributed by atoms with Crippen molar-refractivity contribution in [1.82, 2.24) is 0 Å². The van der Waals surface area contributed by atoms with Crippen molar-refractivity contribution in [3.63, 3.8) is 0 Å². The Morgan fingerprint density at radius 3 is 0.549 bits per heavy atom. The molecule has 0 atom stereocenters. The fraction of sp³-hybridized carbons (Fsp3) is 0.593. The molecule has 0 radical (unpaired) electrons. The molecule has 1 aliphatic carbocycles. The summed E-state index contributed by atoms with van der Waals surface area (Å²) in [6.07, 6.45) is 0. The molecule has 4 rings (SSSR count). The van der Waals surface area contributed by atoms with Gasteiger partial charge in [0.2, 0.25) is 0 Å². The van der Waals surface area contributed by atoms with Gasteiger partial charge in [-0.05, 0) is 0 Å². The van der Waals surface area contributed by atoms with E-state index in [0.717, 1.165) is 0 Å². The summed E-state index contributed by atoms with van der Waals surface area (Å²) in [7, 11) is 50.2. The Kier molecular flexibility index (Phi) is 21.6. The molecule has 0 fully saturated rings. The maximum atomic E-state index is 2.67. The number of allylic oxidation sites excluding steroid dienone is 4. The summed E-state index contributed by atoms with van der Waals surface area (Å²) in [5.74, 6) is 0. The Morgan fingerprint density at radius 2 is 0.408 bits per heavy atom. The average molecular weight is 1090 g/mol. The summed E-state index contributed by atoms with van der Waals surface area (Å²) < 4.78 is -0.553. The van der Waals surface area contributed by atoms with Gasteiger partial charge in [-0.15, -0.1) is 0 Å². The van der Waals surface area contributed by atoms with Crippen molar-refractivity contribution in [2.45, 2.75) is 51.8 Å². The van der Waals surface area contributed by atoms with Gasteiger partial charge in [-0.25, -0.2) is 0 Å². The Bertz CT molecular complexity index is 2260. The smallest absolute Gasteiger partial charge is 1.00 e. The minimum atomic E-state index is -3.97. The standard InChI is InChI=1S/C54H93N12Si.3ClH.Ti/c1-32-33(2)35(4)51(34(32)3)67(52-42(58(14)15)36(5)39(55(8)9)45(61(20)21)48(52)64(26)27,53-43(59(16)17)37(6)40(56(10)11)46(62(22)23)49(53)65(28)29)54-44(60(18)19)38(7)41(57(12)13)47(63(24)25)50(54)66(30)31;;;;/h1-31H3;3*1H;/q;;;;+3/p-3. The van der Waals surface area contributed by atoms with Crippen LogP contribution < -0.4 is 112 Å². The van der Waals surface area contributed by atoms with Gasteiger partial charge in [0.15, 0.2) is 0 Å². The fourth-order valence-corrected chi connectivity index (χ4v) is 22.4. The fourth-order valence-electron chi connectivity index (χ4n) is 12.3. The molecule has 3 aromatic carbocycles. The third kappa shape index (κ3) is 9.87. The number of nitrogens with zero attached hydrogens (tertiary/aromatic N) is 12. The van der Waals surface area contributed by atoms with Gasteiger partial charge < -0.3 is 37.2 Å². The molecular formula is C54H93Cl3N12SiTi. The largest absolute Gasteiger partial charge is 1.00 e. The van der Waals surface area contributed by atoms with E-state index in [9.17, 15) is 0 Å². The van der Waals surface area contributed by atoms with Crippen molar-refractivity contribution in [2.75, 3.05) is 228 Å². The summed E-state index contributed by atoms with van der Waals surface area (Å²) in [4.78, 5) is 28.9. The average Bonchev–Trinajstić information content (AvgIpc) is 3.34. The molecular weight excluding hydrogens is 999 g/mol. The molecule has 3 aromatic rings. The molecule has 0 spiro atoms. The summed E-state index contributed by atoms with van der Waals surface area (Å²) in [5.41, 5.74) is 24.3. The van der Waals surface area contributed by atoms with Gasteiger partial charge in [0.1, 0.15) is 0 Å². The molecule has 0 unspecified atom stereocenters. The van der Waals surface area contributed by atoms with E-state index in [1.54, 1.807) is 0 Å². The predicted molar refractivity (Wildman–Crippen MR) is 310 cm³/mol. The van der Waals surface area contributed by atoms with Crippen LogP contribution in [0.3, 0.4) is 0 Å². The minimum Gasteiger partial charge on any atom is -1.00 e. The van der Waals surface area contributed by atoms with E-state index in [1.165, 1.54) is 123 Å². The monoisotopic (exact) mass is 1090 g/mol. The second-order valence-corrected chi connectivity index (χ2v) is 27.6. The molecule has 0 aromatic heterocycles. The van der Waals surface area contributed by atoms with Crippen LogP contribution in [-0.2, 0) is 20.4 Å². The van der Waals surface area contributed by atoms with Crippen molar-refractivity contribution in [3.05, 3.63) is 39.0 Å². The molecule has 71 heavy (non-hydrogen) atoms. The van der Waals surface area contributed by atoms with Crippen molar-refractivity contribution in [2.24, 2.45) is 0 Å². The number of benzene rings is 3. The van der Waals surface area contributed by atoms with E-state index in [0.29, 0.717) is 0 Å². The van der Waals surface area contributed by atoms with E-state index >= 15 is 0 Å². The van der Waals surface area contributed by atoms with Gasteiger partial charge in [0, 0.05) is 0 Å². The number of hydrogen-bond donors (Lipinski definition) is 0. The summed E-state index contributed by atoms with van der Waals surface area (Å²) in [5, 5.41) is 4.22. The van der Waals surface area contributed by atoms with Crippen LogP contribution in [0.5, 0.6) is 0 Å². The maximum absolute atomic E-state index is 3.97. The topological polar surface area (TPSA) is 38.9 Å². The molecule has 0 bridgehead atoms. The molecule has 398 valence electrons. The number of hydrogen-bond acceptors (Lipinski definition) is 12. The van der Waals surface area contributed by atoms with E-state index in [2.05, 4.69) is 297 Å². The van der Waals surface area contributed by atoms with Gasteiger partial charge in [-0.1, -0.05) is 0 Å². The van der Waals surface area contributed by atoms with Crippen LogP contribution in [0.25, 0.3) is 0 Å². The van der Waals surface area contributed by atoms with Crippen LogP contribution in [0.2, 0.25) is 3.34 Å².